The summed E-state index contributed by atoms with van der Waals surface area (Å²) in [6.07, 6.45) is -0.117. The van der Waals surface area contributed by atoms with E-state index >= 15 is 0 Å². The van der Waals surface area contributed by atoms with Gasteiger partial charge in [0.05, 0.1) is 24.8 Å². The second-order valence-electron chi connectivity index (χ2n) is 7.18. The number of benzene rings is 2. The number of ether oxygens (including phenoxy) is 2. The molecule has 0 unspecified atom stereocenters. The van der Waals surface area contributed by atoms with Gasteiger partial charge in [-0.2, -0.15) is 0 Å². The molecule has 0 amide bonds. The van der Waals surface area contributed by atoms with E-state index in [4.69, 9.17) is 14.5 Å². The molecule has 0 saturated carbocycles. The number of hydrogen-bond donors (Lipinski definition) is 1. The maximum atomic E-state index is 10.7. The van der Waals surface area contributed by atoms with E-state index in [0.717, 1.165) is 22.4 Å². The summed E-state index contributed by atoms with van der Waals surface area (Å²) >= 11 is 0. The van der Waals surface area contributed by atoms with E-state index in [0.29, 0.717) is 24.8 Å². The summed E-state index contributed by atoms with van der Waals surface area (Å²) in [5, 5.41) is 10.7. The molecule has 1 heterocycles. The fourth-order valence-corrected chi connectivity index (χ4v) is 3.14. The fourth-order valence-electron chi connectivity index (χ4n) is 3.14. The molecule has 1 aliphatic rings. The van der Waals surface area contributed by atoms with Gasteiger partial charge in [0, 0.05) is 6.42 Å². The minimum absolute atomic E-state index is 0.157. The van der Waals surface area contributed by atoms with Crippen molar-refractivity contribution in [3.8, 4) is 5.75 Å². The first-order valence-electron chi connectivity index (χ1n) is 9.11. The molecular weight excluding hydrogens is 326 g/mol. The monoisotopic (exact) mass is 353 g/mol. The summed E-state index contributed by atoms with van der Waals surface area (Å²) in [5.41, 5.74) is 3.90. The van der Waals surface area contributed by atoms with Gasteiger partial charge >= 0.3 is 0 Å². The van der Waals surface area contributed by atoms with Crippen LogP contribution in [-0.2, 0) is 11.2 Å². The number of aliphatic hydroxyl groups is 1. The van der Waals surface area contributed by atoms with E-state index in [1.54, 1.807) is 7.11 Å². The second kappa shape index (κ2) is 7.92. The Morgan fingerprint density at radius 1 is 1.19 bits per heavy atom. The second-order valence-corrected chi connectivity index (χ2v) is 7.18. The van der Waals surface area contributed by atoms with Crippen LogP contribution in [0.2, 0.25) is 0 Å². The molecule has 0 aliphatic carbocycles. The Labute approximate surface area is 155 Å². The molecular formula is C22H27NO3. The van der Waals surface area contributed by atoms with Crippen molar-refractivity contribution in [2.75, 3.05) is 13.7 Å². The number of methoxy groups -OCH3 is 1. The van der Waals surface area contributed by atoms with Crippen molar-refractivity contribution in [3.05, 3.63) is 64.7 Å². The van der Waals surface area contributed by atoms with Crippen molar-refractivity contribution in [3.63, 3.8) is 0 Å². The number of rotatable bonds is 6. The van der Waals surface area contributed by atoms with Gasteiger partial charge in [0.1, 0.15) is 12.4 Å². The van der Waals surface area contributed by atoms with E-state index in [9.17, 15) is 5.11 Å². The van der Waals surface area contributed by atoms with Crippen LogP contribution < -0.4 is 4.74 Å². The van der Waals surface area contributed by atoms with Gasteiger partial charge in [0.15, 0.2) is 0 Å². The first-order chi connectivity index (χ1) is 12.5. The SMILES string of the molecule is COc1cccc(C[C@@H](O)c2ccc(C)cc2)c1C1=N[C@@H](C(C)C)CO1. The number of aliphatic hydroxyl groups excluding tert-OH is 1. The number of aliphatic imine (C=N–C) groups is 1. The van der Waals surface area contributed by atoms with Gasteiger partial charge in [-0.1, -0.05) is 55.8 Å². The topological polar surface area (TPSA) is 51.0 Å². The Morgan fingerprint density at radius 3 is 2.54 bits per heavy atom. The highest BCUT2D eigenvalue weighted by atomic mass is 16.5. The zero-order chi connectivity index (χ0) is 18.7. The summed E-state index contributed by atoms with van der Waals surface area (Å²) in [6.45, 7) is 6.91. The van der Waals surface area contributed by atoms with E-state index in [1.807, 2.05) is 49.4 Å². The number of nitrogens with zero attached hydrogens (tertiary/aromatic N) is 1. The average Bonchev–Trinajstić information content (AvgIpc) is 3.12. The molecule has 2 atom stereocenters. The summed E-state index contributed by atoms with van der Waals surface area (Å²) in [4.78, 5) is 4.75. The molecule has 2 aromatic carbocycles. The third-order valence-corrected chi connectivity index (χ3v) is 4.87. The Balaban J connectivity index is 1.92. The maximum absolute atomic E-state index is 10.7. The lowest BCUT2D eigenvalue weighted by molar-refractivity contribution is 0.178. The van der Waals surface area contributed by atoms with Crippen molar-refractivity contribution in [2.45, 2.75) is 39.3 Å². The molecule has 0 radical (unpaired) electrons. The highest BCUT2D eigenvalue weighted by molar-refractivity contribution is 5.99. The van der Waals surface area contributed by atoms with Gasteiger partial charge in [-0.05, 0) is 30.0 Å². The van der Waals surface area contributed by atoms with Crippen LogP contribution in [0.3, 0.4) is 0 Å². The summed E-state index contributed by atoms with van der Waals surface area (Å²) in [7, 11) is 1.65. The molecule has 4 heteroatoms. The lowest BCUT2D eigenvalue weighted by atomic mass is 9.96. The Kier molecular flexibility index (Phi) is 5.62. The van der Waals surface area contributed by atoms with Crippen molar-refractivity contribution >= 4 is 5.90 Å². The van der Waals surface area contributed by atoms with Crippen LogP contribution in [0.15, 0.2) is 47.5 Å². The van der Waals surface area contributed by atoms with Gasteiger partial charge in [0.2, 0.25) is 5.90 Å². The van der Waals surface area contributed by atoms with Crippen LogP contribution >= 0.6 is 0 Å². The molecule has 0 bridgehead atoms. The lowest BCUT2D eigenvalue weighted by Crippen LogP contribution is -2.13. The number of hydrogen-bond acceptors (Lipinski definition) is 4. The first kappa shape index (κ1) is 18.5. The van der Waals surface area contributed by atoms with Crippen molar-refractivity contribution in [1.29, 1.82) is 0 Å². The fraction of sp³-hybridized carbons (Fsp3) is 0.409. The highest BCUT2D eigenvalue weighted by Crippen LogP contribution is 2.30. The summed E-state index contributed by atoms with van der Waals surface area (Å²) < 4.78 is 11.4. The largest absolute Gasteiger partial charge is 0.496 e. The molecule has 138 valence electrons. The van der Waals surface area contributed by atoms with E-state index in [-0.39, 0.29) is 6.04 Å². The van der Waals surface area contributed by atoms with Crippen LogP contribution in [0, 0.1) is 12.8 Å². The Bertz CT molecular complexity index is 780. The standard InChI is InChI=1S/C22H27NO3/c1-14(2)18-13-26-22(23-18)21-17(6-5-7-20(21)25-4)12-19(24)16-10-8-15(3)9-11-16/h5-11,14,18-19,24H,12-13H2,1-4H3/t18-,19-/m1/s1. The zero-order valence-electron chi connectivity index (χ0n) is 15.9. The predicted molar refractivity (Wildman–Crippen MR) is 104 cm³/mol. The molecule has 1 aliphatic heterocycles. The van der Waals surface area contributed by atoms with Crippen molar-refractivity contribution in [2.24, 2.45) is 10.9 Å². The maximum Gasteiger partial charge on any atom is 0.220 e. The summed E-state index contributed by atoms with van der Waals surface area (Å²) in [5.74, 6) is 1.76. The van der Waals surface area contributed by atoms with Crippen LogP contribution in [0.5, 0.6) is 5.75 Å². The van der Waals surface area contributed by atoms with E-state index < -0.39 is 6.10 Å². The smallest absolute Gasteiger partial charge is 0.220 e. The van der Waals surface area contributed by atoms with Gasteiger partial charge < -0.3 is 14.6 Å². The van der Waals surface area contributed by atoms with Crippen molar-refractivity contribution < 1.29 is 14.6 Å². The van der Waals surface area contributed by atoms with Gasteiger partial charge in [0.25, 0.3) is 0 Å². The van der Waals surface area contributed by atoms with Crippen LogP contribution in [0.25, 0.3) is 0 Å². The van der Waals surface area contributed by atoms with Crippen LogP contribution in [0.1, 0.15) is 42.2 Å². The molecule has 0 fully saturated rings. The third kappa shape index (κ3) is 3.91. The minimum Gasteiger partial charge on any atom is -0.496 e. The van der Waals surface area contributed by atoms with Crippen LogP contribution in [0.4, 0.5) is 0 Å². The van der Waals surface area contributed by atoms with E-state index in [1.165, 1.54) is 5.56 Å². The minimum atomic E-state index is -0.593. The molecule has 0 saturated heterocycles. The molecule has 4 nitrogen and oxygen atoms in total. The zero-order valence-corrected chi connectivity index (χ0v) is 15.9. The van der Waals surface area contributed by atoms with E-state index in [2.05, 4.69) is 13.8 Å². The normalized spacial score (nSPS) is 17.8. The van der Waals surface area contributed by atoms with Gasteiger partial charge in [-0.3, -0.25) is 0 Å². The quantitative estimate of drug-likeness (QED) is 0.851. The average molecular weight is 353 g/mol. The van der Waals surface area contributed by atoms with Gasteiger partial charge in [-0.15, -0.1) is 0 Å². The molecule has 1 N–H and O–H groups in total. The molecule has 0 aromatic heterocycles. The summed E-state index contributed by atoms with van der Waals surface area (Å²) in [6, 6.07) is 14.0. The lowest BCUT2D eigenvalue weighted by Gasteiger charge is -2.17. The molecule has 3 rings (SSSR count). The van der Waals surface area contributed by atoms with Gasteiger partial charge in [-0.25, -0.2) is 4.99 Å². The molecule has 0 spiro atoms. The van der Waals surface area contributed by atoms with Crippen molar-refractivity contribution in [1.82, 2.24) is 0 Å². The third-order valence-electron chi connectivity index (χ3n) is 4.87. The molecule has 26 heavy (non-hydrogen) atoms. The number of aryl methyl sites for hydroxylation is 1. The Hall–Kier alpha value is -2.33. The predicted octanol–water partition coefficient (Wildman–Crippen LogP) is 4.08. The van der Waals surface area contributed by atoms with Crippen LogP contribution in [-0.4, -0.2) is 30.8 Å². The Morgan fingerprint density at radius 2 is 1.92 bits per heavy atom. The molecule has 2 aromatic rings. The first-order valence-corrected chi connectivity index (χ1v) is 9.11. The highest BCUT2D eigenvalue weighted by Gasteiger charge is 2.27.